The lowest BCUT2D eigenvalue weighted by atomic mass is 10.1. The first-order valence-electron chi connectivity index (χ1n) is 8.32. The molecule has 0 amide bonds. The van der Waals surface area contributed by atoms with Crippen LogP contribution in [0.4, 0.5) is 4.39 Å². The Labute approximate surface area is 146 Å². The van der Waals surface area contributed by atoms with Crippen molar-refractivity contribution in [3.8, 4) is 0 Å². The standard InChI is InChI=1S/C19H19FN2O2S/c1-12-10-19-16(8-9-21-12)17-11-15(6-7-18(17)22-19)25(23,24)14-4-2-13(20)3-5-14/h2-7,11-12,21-22H,8-10H2,1H3. The van der Waals surface area contributed by atoms with Crippen molar-refractivity contribution in [3.63, 3.8) is 0 Å². The Morgan fingerprint density at radius 2 is 1.80 bits per heavy atom. The minimum absolute atomic E-state index is 0.102. The topological polar surface area (TPSA) is 62.0 Å². The molecular formula is C19H19FN2O2S. The van der Waals surface area contributed by atoms with Gasteiger partial charge in [0.1, 0.15) is 5.82 Å². The molecule has 25 heavy (non-hydrogen) atoms. The second-order valence-electron chi connectivity index (χ2n) is 6.56. The molecule has 0 spiro atoms. The summed E-state index contributed by atoms with van der Waals surface area (Å²) in [6.07, 6.45) is 1.75. The van der Waals surface area contributed by atoms with Gasteiger partial charge in [0.05, 0.1) is 9.79 Å². The number of nitrogens with one attached hydrogen (secondary N) is 2. The normalized spacial score (nSPS) is 18.1. The zero-order valence-electron chi connectivity index (χ0n) is 13.8. The molecule has 0 aliphatic carbocycles. The van der Waals surface area contributed by atoms with E-state index >= 15 is 0 Å². The van der Waals surface area contributed by atoms with Crippen LogP contribution in [0.5, 0.6) is 0 Å². The van der Waals surface area contributed by atoms with Gasteiger partial charge < -0.3 is 10.3 Å². The molecule has 2 heterocycles. The summed E-state index contributed by atoms with van der Waals surface area (Å²) < 4.78 is 38.8. The van der Waals surface area contributed by atoms with Crippen molar-refractivity contribution >= 4 is 20.7 Å². The van der Waals surface area contributed by atoms with E-state index < -0.39 is 15.7 Å². The molecule has 0 saturated carbocycles. The first-order chi connectivity index (χ1) is 11.9. The summed E-state index contributed by atoms with van der Waals surface area (Å²) >= 11 is 0. The van der Waals surface area contributed by atoms with E-state index in [0.717, 1.165) is 30.3 Å². The van der Waals surface area contributed by atoms with E-state index in [-0.39, 0.29) is 9.79 Å². The van der Waals surface area contributed by atoms with E-state index in [2.05, 4.69) is 17.2 Å². The summed E-state index contributed by atoms with van der Waals surface area (Å²) in [5, 5.41) is 4.40. The maximum Gasteiger partial charge on any atom is 0.206 e. The summed E-state index contributed by atoms with van der Waals surface area (Å²) in [5.74, 6) is -0.452. The molecule has 3 aromatic rings. The number of aromatic nitrogens is 1. The quantitative estimate of drug-likeness (QED) is 0.692. The smallest absolute Gasteiger partial charge is 0.206 e. The van der Waals surface area contributed by atoms with Gasteiger partial charge in [0.2, 0.25) is 9.84 Å². The van der Waals surface area contributed by atoms with Crippen LogP contribution in [0.3, 0.4) is 0 Å². The molecule has 130 valence electrons. The van der Waals surface area contributed by atoms with E-state index in [1.54, 1.807) is 12.1 Å². The van der Waals surface area contributed by atoms with E-state index in [1.807, 2.05) is 6.07 Å². The Kier molecular flexibility index (Phi) is 3.89. The van der Waals surface area contributed by atoms with Gasteiger partial charge in [-0.2, -0.15) is 0 Å². The van der Waals surface area contributed by atoms with Crippen molar-refractivity contribution in [2.75, 3.05) is 6.54 Å². The number of fused-ring (bicyclic) bond motifs is 3. The van der Waals surface area contributed by atoms with Crippen molar-refractivity contribution < 1.29 is 12.8 Å². The molecule has 1 atom stereocenters. The zero-order chi connectivity index (χ0) is 17.6. The van der Waals surface area contributed by atoms with Crippen LogP contribution in [-0.2, 0) is 22.7 Å². The molecule has 2 aromatic carbocycles. The van der Waals surface area contributed by atoms with Crippen molar-refractivity contribution in [1.82, 2.24) is 10.3 Å². The van der Waals surface area contributed by atoms with Crippen molar-refractivity contribution in [1.29, 1.82) is 0 Å². The third-order valence-corrected chi connectivity index (χ3v) is 6.55. The van der Waals surface area contributed by atoms with Gasteiger partial charge in [0.15, 0.2) is 0 Å². The number of halogens is 1. The van der Waals surface area contributed by atoms with Crippen LogP contribution in [0, 0.1) is 5.82 Å². The number of aromatic amines is 1. The molecule has 1 aliphatic rings. The van der Waals surface area contributed by atoms with Gasteiger partial charge in [-0.3, -0.25) is 0 Å². The summed E-state index contributed by atoms with van der Waals surface area (Å²) in [7, 11) is -3.67. The van der Waals surface area contributed by atoms with Crippen LogP contribution in [0.1, 0.15) is 18.2 Å². The highest BCUT2D eigenvalue weighted by atomic mass is 32.2. The average molecular weight is 358 g/mol. The Morgan fingerprint density at radius 3 is 2.56 bits per heavy atom. The van der Waals surface area contributed by atoms with Crippen molar-refractivity contribution in [3.05, 3.63) is 59.5 Å². The molecule has 0 bridgehead atoms. The van der Waals surface area contributed by atoms with Crippen LogP contribution in [0.25, 0.3) is 10.9 Å². The highest BCUT2D eigenvalue weighted by molar-refractivity contribution is 7.91. The lowest BCUT2D eigenvalue weighted by molar-refractivity contribution is 0.564. The Morgan fingerprint density at radius 1 is 1.08 bits per heavy atom. The van der Waals surface area contributed by atoms with Crippen molar-refractivity contribution in [2.24, 2.45) is 0 Å². The summed E-state index contributed by atoms with van der Waals surface area (Å²) in [5.41, 5.74) is 3.31. The number of hydrogen-bond donors (Lipinski definition) is 2. The second-order valence-corrected chi connectivity index (χ2v) is 8.51. The van der Waals surface area contributed by atoms with Gasteiger partial charge in [-0.15, -0.1) is 0 Å². The van der Waals surface area contributed by atoms with Gasteiger partial charge in [-0.1, -0.05) is 0 Å². The fraction of sp³-hybridized carbons (Fsp3) is 0.263. The summed E-state index contributed by atoms with van der Waals surface area (Å²) in [4.78, 5) is 3.76. The van der Waals surface area contributed by atoms with Gasteiger partial charge >= 0.3 is 0 Å². The molecule has 1 unspecified atom stereocenters. The van der Waals surface area contributed by atoms with Crippen LogP contribution in [0.2, 0.25) is 0 Å². The lowest BCUT2D eigenvalue weighted by Crippen LogP contribution is -2.27. The summed E-state index contributed by atoms with van der Waals surface area (Å²) in [6, 6.07) is 10.5. The molecule has 0 saturated heterocycles. The number of benzene rings is 2. The molecule has 4 nitrogen and oxygen atoms in total. The molecule has 2 N–H and O–H groups in total. The van der Waals surface area contributed by atoms with E-state index in [4.69, 9.17) is 0 Å². The third kappa shape index (κ3) is 2.85. The number of sulfone groups is 1. The predicted octanol–water partition coefficient (Wildman–Crippen LogP) is 3.22. The van der Waals surface area contributed by atoms with Gasteiger partial charge in [0, 0.05) is 29.1 Å². The van der Waals surface area contributed by atoms with Gasteiger partial charge in [0.25, 0.3) is 0 Å². The molecule has 0 fully saturated rings. The molecule has 6 heteroatoms. The van der Waals surface area contributed by atoms with E-state index in [1.165, 1.54) is 35.5 Å². The maximum absolute atomic E-state index is 13.1. The Bertz CT molecular complexity index is 1040. The molecule has 0 radical (unpaired) electrons. The minimum atomic E-state index is -3.67. The first kappa shape index (κ1) is 16.3. The number of hydrogen-bond acceptors (Lipinski definition) is 3. The van der Waals surface area contributed by atoms with E-state index in [9.17, 15) is 12.8 Å². The van der Waals surface area contributed by atoms with Crippen molar-refractivity contribution in [2.45, 2.75) is 35.6 Å². The highest BCUT2D eigenvalue weighted by Gasteiger charge is 2.22. The second kappa shape index (κ2) is 5.97. The fourth-order valence-electron chi connectivity index (χ4n) is 3.48. The molecule has 1 aromatic heterocycles. The molecular weight excluding hydrogens is 339 g/mol. The predicted molar refractivity (Wildman–Crippen MR) is 95.0 cm³/mol. The monoisotopic (exact) mass is 358 g/mol. The third-order valence-electron chi connectivity index (χ3n) is 4.78. The SMILES string of the molecule is CC1Cc2[nH]c3ccc(S(=O)(=O)c4ccc(F)cc4)cc3c2CCN1. The number of H-pyrrole nitrogens is 1. The molecule has 1 aliphatic heterocycles. The highest BCUT2D eigenvalue weighted by Crippen LogP contribution is 2.30. The average Bonchev–Trinajstić information content (AvgIpc) is 2.80. The van der Waals surface area contributed by atoms with Gasteiger partial charge in [-0.05, 0) is 67.9 Å². The maximum atomic E-state index is 13.1. The summed E-state index contributed by atoms with van der Waals surface area (Å²) in [6.45, 7) is 3.01. The zero-order valence-corrected chi connectivity index (χ0v) is 14.7. The minimum Gasteiger partial charge on any atom is -0.358 e. The fourth-order valence-corrected chi connectivity index (χ4v) is 4.77. The van der Waals surface area contributed by atoms with Crippen LogP contribution in [0.15, 0.2) is 52.3 Å². The lowest BCUT2D eigenvalue weighted by Gasteiger charge is -2.08. The largest absolute Gasteiger partial charge is 0.358 e. The Hall–Kier alpha value is -2.18. The van der Waals surface area contributed by atoms with Crippen LogP contribution < -0.4 is 5.32 Å². The Balaban J connectivity index is 1.83. The van der Waals surface area contributed by atoms with Crippen LogP contribution >= 0.6 is 0 Å². The van der Waals surface area contributed by atoms with E-state index in [0.29, 0.717) is 6.04 Å². The number of rotatable bonds is 2. The van der Waals surface area contributed by atoms with Gasteiger partial charge in [-0.25, -0.2) is 12.8 Å². The molecule has 4 rings (SSSR count). The first-order valence-corrected chi connectivity index (χ1v) is 9.81. The van der Waals surface area contributed by atoms with Crippen LogP contribution in [-0.4, -0.2) is 26.0 Å².